The molecule has 0 radical (unpaired) electrons. The molecular weight excluding hydrogens is 406 g/mol. The van der Waals surface area contributed by atoms with E-state index in [0.29, 0.717) is 0 Å². The molecular formula is C25H21N3S2. The number of rotatable bonds is 6. The van der Waals surface area contributed by atoms with Crippen LogP contribution in [0.2, 0.25) is 0 Å². The third-order valence-corrected chi connectivity index (χ3v) is 6.92. The van der Waals surface area contributed by atoms with Crippen molar-refractivity contribution in [1.29, 1.82) is 0 Å². The van der Waals surface area contributed by atoms with Crippen LogP contribution in [0.3, 0.4) is 0 Å². The summed E-state index contributed by atoms with van der Waals surface area (Å²) in [5.41, 5.74) is 6.96. The fraction of sp³-hybridized carbons (Fsp3) is 0.120. The molecule has 0 spiro atoms. The number of hydrogen-bond donors (Lipinski definition) is 1. The second-order valence-corrected chi connectivity index (χ2v) is 9.02. The lowest BCUT2D eigenvalue weighted by Crippen LogP contribution is -1.98. The highest BCUT2D eigenvalue weighted by atomic mass is 32.1. The van der Waals surface area contributed by atoms with Gasteiger partial charge in [0, 0.05) is 23.1 Å². The van der Waals surface area contributed by atoms with Crippen molar-refractivity contribution in [2.24, 2.45) is 0 Å². The highest BCUT2D eigenvalue weighted by Crippen LogP contribution is 2.30. The standard InChI is InChI=1S/C25H21N3S2/c1-2-17-11-12-21-23(14-17)30-25(28-21)26-15-18-7-6-10-20(13-18)24-27-22(16-29-24)19-8-4-3-5-9-19/h3-14,16H,2,15H2,1H3,(H,26,28). The van der Waals surface area contributed by atoms with Gasteiger partial charge in [0.2, 0.25) is 0 Å². The summed E-state index contributed by atoms with van der Waals surface area (Å²) in [6.07, 6.45) is 1.05. The second-order valence-electron chi connectivity index (χ2n) is 7.13. The molecule has 1 N–H and O–H groups in total. The van der Waals surface area contributed by atoms with Gasteiger partial charge >= 0.3 is 0 Å². The second kappa shape index (κ2) is 8.38. The lowest BCUT2D eigenvalue weighted by Gasteiger charge is -2.04. The van der Waals surface area contributed by atoms with Crippen molar-refractivity contribution in [3.05, 3.63) is 89.3 Å². The average Bonchev–Trinajstić information content (AvgIpc) is 3.45. The van der Waals surface area contributed by atoms with Gasteiger partial charge in [-0.15, -0.1) is 11.3 Å². The molecule has 148 valence electrons. The number of nitrogens with one attached hydrogen (secondary N) is 1. The van der Waals surface area contributed by atoms with Gasteiger partial charge in [-0.3, -0.25) is 0 Å². The van der Waals surface area contributed by atoms with Crippen LogP contribution in [0.4, 0.5) is 5.13 Å². The largest absolute Gasteiger partial charge is 0.357 e. The Morgan fingerprint density at radius 1 is 0.833 bits per heavy atom. The Morgan fingerprint density at radius 3 is 2.57 bits per heavy atom. The maximum atomic E-state index is 4.84. The maximum Gasteiger partial charge on any atom is 0.184 e. The van der Waals surface area contributed by atoms with Crippen molar-refractivity contribution in [3.8, 4) is 21.8 Å². The summed E-state index contributed by atoms with van der Waals surface area (Å²) in [6.45, 7) is 2.92. The van der Waals surface area contributed by atoms with E-state index in [4.69, 9.17) is 9.97 Å². The zero-order valence-corrected chi connectivity index (χ0v) is 18.3. The third-order valence-electron chi connectivity index (χ3n) is 5.05. The molecule has 5 rings (SSSR count). The molecule has 0 amide bonds. The monoisotopic (exact) mass is 427 g/mol. The van der Waals surface area contributed by atoms with Gasteiger partial charge in [0.05, 0.1) is 15.9 Å². The van der Waals surface area contributed by atoms with Crippen LogP contribution in [-0.4, -0.2) is 9.97 Å². The molecule has 0 bridgehead atoms. The van der Waals surface area contributed by atoms with Crippen LogP contribution in [0.5, 0.6) is 0 Å². The van der Waals surface area contributed by atoms with Gasteiger partial charge in [-0.1, -0.05) is 72.9 Å². The Balaban J connectivity index is 1.32. The van der Waals surface area contributed by atoms with Crippen LogP contribution in [0.1, 0.15) is 18.1 Å². The molecule has 30 heavy (non-hydrogen) atoms. The van der Waals surface area contributed by atoms with Gasteiger partial charge in [0.25, 0.3) is 0 Å². The predicted molar refractivity (Wildman–Crippen MR) is 129 cm³/mol. The van der Waals surface area contributed by atoms with Crippen molar-refractivity contribution in [2.45, 2.75) is 19.9 Å². The van der Waals surface area contributed by atoms with E-state index >= 15 is 0 Å². The zero-order chi connectivity index (χ0) is 20.3. The average molecular weight is 428 g/mol. The Bertz CT molecular complexity index is 1290. The zero-order valence-electron chi connectivity index (χ0n) is 16.6. The van der Waals surface area contributed by atoms with Gasteiger partial charge in [-0.2, -0.15) is 0 Å². The van der Waals surface area contributed by atoms with Crippen LogP contribution in [0.15, 0.2) is 78.2 Å². The lowest BCUT2D eigenvalue weighted by molar-refractivity contribution is 1.14. The number of aryl methyl sites for hydroxylation is 1. The van der Waals surface area contributed by atoms with E-state index in [2.05, 4.69) is 72.2 Å². The number of aromatic nitrogens is 2. The molecule has 2 aromatic heterocycles. The van der Waals surface area contributed by atoms with E-state index in [9.17, 15) is 0 Å². The minimum Gasteiger partial charge on any atom is -0.357 e. The first-order valence-corrected chi connectivity index (χ1v) is 11.7. The topological polar surface area (TPSA) is 37.8 Å². The molecule has 0 aliphatic heterocycles. The predicted octanol–water partition coefficient (Wildman–Crippen LogP) is 7.26. The fourth-order valence-electron chi connectivity index (χ4n) is 3.40. The highest BCUT2D eigenvalue weighted by Gasteiger charge is 2.08. The number of thiazole rings is 2. The third kappa shape index (κ3) is 3.99. The first kappa shape index (κ1) is 19.0. The van der Waals surface area contributed by atoms with Gasteiger partial charge in [0.15, 0.2) is 5.13 Å². The molecule has 3 nitrogen and oxygen atoms in total. The van der Waals surface area contributed by atoms with E-state index in [-0.39, 0.29) is 0 Å². The molecule has 5 aromatic rings. The summed E-state index contributed by atoms with van der Waals surface area (Å²) in [4.78, 5) is 9.56. The number of fused-ring (bicyclic) bond motifs is 1. The molecule has 0 atom stereocenters. The first-order chi connectivity index (χ1) is 14.8. The lowest BCUT2D eigenvalue weighted by atomic mass is 10.1. The van der Waals surface area contributed by atoms with Crippen LogP contribution >= 0.6 is 22.7 Å². The Morgan fingerprint density at radius 2 is 1.70 bits per heavy atom. The van der Waals surface area contributed by atoms with Crippen LogP contribution in [-0.2, 0) is 13.0 Å². The summed E-state index contributed by atoms with van der Waals surface area (Å²) >= 11 is 3.40. The van der Waals surface area contributed by atoms with Crippen molar-refractivity contribution in [1.82, 2.24) is 9.97 Å². The van der Waals surface area contributed by atoms with Gasteiger partial charge in [-0.25, -0.2) is 9.97 Å². The minimum absolute atomic E-state index is 0.741. The number of nitrogens with zero attached hydrogens (tertiary/aromatic N) is 2. The Labute approximate surface area is 184 Å². The fourth-order valence-corrected chi connectivity index (χ4v) is 5.16. The smallest absolute Gasteiger partial charge is 0.184 e. The quantitative estimate of drug-likeness (QED) is 0.310. The van der Waals surface area contributed by atoms with Gasteiger partial charge in [0.1, 0.15) is 5.01 Å². The number of anilines is 1. The van der Waals surface area contributed by atoms with E-state index in [1.54, 1.807) is 22.7 Å². The van der Waals surface area contributed by atoms with Crippen molar-refractivity contribution in [2.75, 3.05) is 5.32 Å². The normalized spacial score (nSPS) is 11.1. The summed E-state index contributed by atoms with van der Waals surface area (Å²) in [6, 6.07) is 25.4. The van der Waals surface area contributed by atoms with Crippen LogP contribution < -0.4 is 5.32 Å². The summed E-state index contributed by atoms with van der Waals surface area (Å²) < 4.78 is 1.24. The molecule has 2 heterocycles. The molecule has 0 saturated heterocycles. The van der Waals surface area contributed by atoms with Crippen LogP contribution in [0.25, 0.3) is 32.0 Å². The van der Waals surface area contributed by atoms with E-state index in [0.717, 1.165) is 45.4 Å². The van der Waals surface area contributed by atoms with Gasteiger partial charge < -0.3 is 5.32 Å². The number of hydrogen-bond acceptors (Lipinski definition) is 5. The molecule has 3 aromatic carbocycles. The van der Waals surface area contributed by atoms with Crippen molar-refractivity contribution in [3.63, 3.8) is 0 Å². The molecule has 0 fully saturated rings. The maximum absolute atomic E-state index is 4.84. The SMILES string of the molecule is CCc1ccc2nc(NCc3cccc(-c4nc(-c5ccccc5)cs4)c3)sc2c1. The van der Waals surface area contributed by atoms with Crippen LogP contribution in [0, 0.1) is 0 Å². The first-order valence-electron chi connectivity index (χ1n) is 10.0. The van der Waals surface area contributed by atoms with Gasteiger partial charge in [-0.05, 0) is 35.7 Å². The van der Waals surface area contributed by atoms with Crippen molar-refractivity contribution < 1.29 is 0 Å². The minimum atomic E-state index is 0.741. The summed E-state index contributed by atoms with van der Waals surface area (Å²) in [5, 5.41) is 7.62. The van der Waals surface area contributed by atoms with Crippen molar-refractivity contribution >= 4 is 38.0 Å². The van der Waals surface area contributed by atoms with E-state index in [1.807, 2.05) is 18.2 Å². The van der Waals surface area contributed by atoms with E-state index < -0.39 is 0 Å². The number of benzene rings is 3. The molecule has 5 heteroatoms. The molecule has 0 aliphatic rings. The summed E-state index contributed by atoms with van der Waals surface area (Å²) in [5.74, 6) is 0. The Hall–Kier alpha value is -3.02. The molecule has 0 saturated carbocycles. The Kier molecular flexibility index (Phi) is 5.30. The van der Waals surface area contributed by atoms with E-state index in [1.165, 1.54) is 15.8 Å². The summed E-state index contributed by atoms with van der Waals surface area (Å²) in [7, 11) is 0. The molecule has 0 unspecified atom stereocenters. The highest BCUT2D eigenvalue weighted by molar-refractivity contribution is 7.22. The molecule has 0 aliphatic carbocycles.